The van der Waals surface area contributed by atoms with Gasteiger partial charge in [0.25, 0.3) is 0 Å². The van der Waals surface area contributed by atoms with Gasteiger partial charge in [-0.3, -0.25) is 0 Å². The van der Waals surface area contributed by atoms with Crippen molar-refractivity contribution in [2.24, 2.45) is 0 Å². The van der Waals surface area contributed by atoms with E-state index in [1.165, 1.54) is 6.07 Å². The molecule has 2 aromatic rings. The predicted octanol–water partition coefficient (Wildman–Crippen LogP) is 4.11. The van der Waals surface area contributed by atoms with Crippen LogP contribution in [0.2, 0.25) is 5.02 Å². The van der Waals surface area contributed by atoms with Crippen molar-refractivity contribution in [3.05, 3.63) is 58.1 Å². The number of hydrogen-bond donors (Lipinski definition) is 1. The van der Waals surface area contributed by atoms with E-state index >= 15 is 0 Å². The number of rotatable bonds is 6. The molecule has 4 nitrogen and oxygen atoms in total. The minimum Gasteiger partial charge on any atom is -0.490 e. The van der Waals surface area contributed by atoms with Crippen LogP contribution in [0.4, 0.5) is 0 Å². The van der Waals surface area contributed by atoms with Crippen LogP contribution in [0, 0.1) is 13.8 Å². The van der Waals surface area contributed by atoms with E-state index in [4.69, 9.17) is 26.2 Å². The Morgan fingerprint density at radius 1 is 1.09 bits per heavy atom. The van der Waals surface area contributed by atoms with Crippen molar-refractivity contribution in [2.75, 3.05) is 13.2 Å². The molecule has 0 fully saturated rings. The Hall–Kier alpha value is -2.20. The second kappa shape index (κ2) is 7.18. The second-order valence-corrected chi connectivity index (χ2v) is 5.25. The molecule has 0 aliphatic rings. The molecular formula is C17H17ClO4. The van der Waals surface area contributed by atoms with Crippen LogP contribution in [0.15, 0.2) is 36.4 Å². The smallest absolute Gasteiger partial charge is 0.339 e. The molecule has 0 aliphatic carbocycles. The first-order chi connectivity index (χ1) is 10.5. The van der Waals surface area contributed by atoms with Gasteiger partial charge in [0.05, 0.1) is 0 Å². The van der Waals surface area contributed by atoms with Crippen LogP contribution < -0.4 is 9.47 Å². The first-order valence-corrected chi connectivity index (χ1v) is 7.21. The number of para-hydroxylation sites is 1. The Kier molecular flexibility index (Phi) is 5.28. The minimum atomic E-state index is -1.01. The van der Waals surface area contributed by atoms with E-state index in [1.807, 2.05) is 26.0 Å². The molecule has 1 N–H and O–H groups in total. The lowest BCUT2D eigenvalue weighted by molar-refractivity contribution is 0.0691. The zero-order chi connectivity index (χ0) is 16.1. The Labute approximate surface area is 134 Å². The van der Waals surface area contributed by atoms with Crippen molar-refractivity contribution >= 4 is 17.6 Å². The molecule has 0 bridgehead atoms. The molecule has 0 heterocycles. The van der Waals surface area contributed by atoms with Crippen molar-refractivity contribution < 1.29 is 19.4 Å². The normalized spacial score (nSPS) is 10.3. The Morgan fingerprint density at radius 3 is 2.32 bits per heavy atom. The number of carboxylic acid groups (broad SMARTS) is 1. The monoisotopic (exact) mass is 320 g/mol. The van der Waals surface area contributed by atoms with Gasteiger partial charge in [0, 0.05) is 5.02 Å². The van der Waals surface area contributed by atoms with E-state index < -0.39 is 5.97 Å². The molecule has 2 rings (SSSR count). The average molecular weight is 321 g/mol. The van der Waals surface area contributed by atoms with Crippen molar-refractivity contribution in [1.82, 2.24) is 0 Å². The maximum absolute atomic E-state index is 11.1. The van der Waals surface area contributed by atoms with Gasteiger partial charge in [0.2, 0.25) is 0 Å². The fraction of sp³-hybridized carbons (Fsp3) is 0.235. The van der Waals surface area contributed by atoms with Crippen molar-refractivity contribution in [3.8, 4) is 11.5 Å². The standard InChI is InChI=1S/C17H17ClO4/c1-11-9-13(10-12(2)16(11)18)21-7-8-22-15-6-4-3-5-14(15)17(19)20/h3-6,9-10H,7-8H2,1-2H3,(H,19,20). The number of halogens is 1. The third-order valence-corrected chi connectivity index (χ3v) is 3.73. The summed E-state index contributed by atoms with van der Waals surface area (Å²) in [6.45, 7) is 4.41. The lowest BCUT2D eigenvalue weighted by Gasteiger charge is -2.12. The van der Waals surface area contributed by atoms with E-state index in [2.05, 4.69) is 0 Å². The number of hydrogen-bond acceptors (Lipinski definition) is 3. The van der Waals surface area contributed by atoms with E-state index in [-0.39, 0.29) is 12.2 Å². The van der Waals surface area contributed by atoms with Crippen molar-refractivity contribution in [1.29, 1.82) is 0 Å². The van der Waals surface area contributed by atoms with Gasteiger partial charge in [-0.15, -0.1) is 0 Å². The Bertz CT molecular complexity index is 659. The molecule has 5 heteroatoms. The molecule has 22 heavy (non-hydrogen) atoms. The number of aromatic carboxylic acids is 1. The van der Waals surface area contributed by atoms with Crippen LogP contribution >= 0.6 is 11.6 Å². The zero-order valence-electron chi connectivity index (χ0n) is 12.4. The topological polar surface area (TPSA) is 55.8 Å². The van der Waals surface area contributed by atoms with Crippen LogP contribution in [-0.2, 0) is 0 Å². The quantitative estimate of drug-likeness (QED) is 0.814. The summed E-state index contributed by atoms with van der Waals surface area (Å²) in [5, 5.41) is 9.80. The van der Waals surface area contributed by atoms with Crippen LogP contribution in [0.1, 0.15) is 21.5 Å². The number of carboxylic acids is 1. The molecule has 0 saturated carbocycles. The largest absolute Gasteiger partial charge is 0.490 e. The van der Waals surface area contributed by atoms with Gasteiger partial charge < -0.3 is 14.6 Å². The lowest BCUT2D eigenvalue weighted by Crippen LogP contribution is -2.11. The van der Waals surface area contributed by atoms with Gasteiger partial charge in [0.15, 0.2) is 0 Å². The minimum absolute atomic E-state index is 0.140. The molecule has 2 aromatic carbocycles. The van der Waals surface area contributed by atoms with Gasteiger partial charge in [-0.25, -0.2) is 4.79 Å². The zero-order valence-corrected chi connectivity index (χ0v) is 13.2. The van der Waals surface area contributed by atoms with Gasteiger partial charge in [-0.05, 0) is 49.2 Å². The number of benzene rings is 2. The summed E-state index contributed by atoms with van der Waals surface area (Å²) in [7, 11) is 0. The molecule has 0 amide bonds. The Morgan fingerprint density at radius 2 is 1.68 bits per heavy atom. The molecule has 0 aliphatic heterocycles. The van der Waals surface area contributed by atoms with E-state index in [0.717, 1.165) is 21.9 Å². The first-order valence-electron chi connectivity index (χ1n) is 6.83. The van der Waals surface area contributed by atoms with Crippen molar-refractivity contribution in [3.63, 3.8) is 0 Å². The van der Waals surface area contributed by atoms with Crippen LogP contribution in [-0.4, -0.2) is 24.3 Å². The SMILES string of the molecule is Cc1cc(OCCOc2ccccc2C(=O)O)cc(C)c1Cl. The predicted molar refractivity (Wildman–Crippen MR) is 85.3 cm³/mol. The van der Waals surface area contributed by atoms with Crippen LogP contribution in [0.5, 0.6) is 11.5 Å². The molecular weight excluding hydrogens is 304 g/mol. The van der Waals surface area contributed by atoms with Gasteiger partial charge >= 0.3 is 5.97 Å². The summed E-state index contributed by atoms with van der Waals surface area (Å²) in [5.41, 5.74) is 2.04. The highest BCUT2D eigenvalue weighted by molar-refractivity contribution is 6.32. The third-order valence-electron chi connectivity index (χ3n) is 3.14. The molecule has 0 radical (unpaired) electrons. The number of aryl methyl sites for hydroxylation is 2. The lowest BCUT2D eigenvalue weighted by atomic mass is 10.1. The average Bonchev–Trinajstić information content (AvgIpc) is 2.49. The molecule has 116 valence electrons. The summed E-state index contributed by atoms with van der Waals surface area (Å²) in [5.74, 6) is 0.0389. The van der Waals surface area contributed by atoms with Crippen molar-refractivity contribution in [2.45, 2.75) is 13.8 Å². The number of carbonyl (C=O) groups is 1. The highest BCUT2D eigenvalue weighted by atomic mass is 35.5. The molecule has 0 spiro atoms. The summed E-state index contributed by atoms with van der Waals surface area (Å²) < 4.78 is 11.1. The third kappa shape index (κ3) is 3.92. The Balaban J connectivity index is 1.92. The number of ether oxygens (including phenoxy) is 2. The van der Waals surface area contributed by atoms with E-state index in [9.17, 15) is 4.79 Å². The fourth-order valence-electron chi connectivity index (χ4n) is 2.07. The summed E-state index contributed by atoms with van der Waals surface area (Å²) >= 11 is 6.10. The van der Waals surface area contributed by atoms with Gasteiger partial charge in [0.1, 0.15) is 30.3 Å². The molecule has 0 unspecified atom stereocenters. The van der Waals surface area contributed by atoms with Crippen LogP contribution in [0.25, 0.3) is 0 Å². The second-order valence-electron chi connectivity index (χ2n) is 4.87. The highest BCUT2D eigenvalue weighted by Gasteiger charge is 2.10. The first kappa shape index (κ1) is 16.2. The summed E-state index contributed by atoms with van der Waals surface area (Å²) in [4.78, 5) is 11.1. The summed E-state index contributed by atoms with van der Waals surface area (Å²) in [6.07, 6.45) is 0. The fourth-order valence-corrected chi connectivity index (χ4v) is 2.18. The van der Waals surface area contributed by atoms with Gasteiger partial charge in [-0.2, -0.15) is 0 Å². The molecule has 0 saturated heterocycles. The van der Waals surface area contributed by atoms with E-state index in [1.54, 1.807) is 18.2 Å². The molecule has 0 aromatic heterocycles. The van der Waals surface area contributed by atoms with Gasteiger partial charge in [-0.1, -0.05) is 23.7 Å². The van der Waals surface area contributed by atoms with Crippen LogP contribution in [0.3, 0.4) is 0 Å². The maximum Gasteiger partial charge on any atom is 0.339 e. The maximum atomic E-state index is 11.1. The van der Waals surface area contributed by atoms with E-state index in [0.29, 0.717) is 12.4 Å². The summed E-state index contributed by atoms with van der Waals surface area (Å²) in [6, 6.07) is 10.2. The molecule has 0 atom stereocenters. The highest BCUT2D eigenvalue weighted by Crippen LogP contribution is 2.25.